The predicted molar refractivity (Wildman–Crippen MR) is 95.2 cm³/mol. The van der Waals surface area contributed by atoms with Gasteiger partial charge in [0, 0.05) is 19.9 Å². The number of carbonyl (C=O) groups is 2. The number of esters is 2. The fourth-order valence-corrected chi connectivity index (χ4v) is 2.64. The molecular formula is C18H16N2O8. The lowest BCUT2D eigenvalue weighted by molar-refractivity contribution is -0.395. The van der Waals surface area contributed by atoms with Crippen molar-refractivity contribution in [2.24, 2.45) is 0 Å². The molecule has 0 bridgehead atoms. The first-order valence-corrected chi connectivity index (χ1v) is 8.02. The second kappa shape index (κ2) is 8.71. The zero-order valence-corrected chi connectivity index (χ0v) is 14.9. The molecule has 0 heterocycles. The molecule has 0 saturated heterocycles. The standard InChI is InChI=1S/C18H16N2O8/c1-11(21)27-17(13-6-4-3-5-7-13)18(28-12(2)22)15-9-8-14(19(23)24)10-16(15)20(25)26/h3-10,17-18H,1-2H3/t17-,18-/m0/s1. The van der Waals surface area contributed by atoms with Crippen LogP contribution < -0.4 is 0 Å². The number of nitro groups is 2. The van der Waals surface area contributed by atoms with E-state index in [1.807, 2.05) is 0 Å². The summed E-state index contributed by atoms with van der Waals surface area (Å²) in [5.41, 5.74) is -0.841. The lowest BCUT2D eigenvalue weighted by Crippen LogP contribution is -2.22. The van der Waals surface area contributed by atoms with E-state index in [0.717, 1.165) is 32.0 Å². The summed E-state index contributed by atoms with van der Waals surface area (Å²) >= 11 is 0. The van der Waals surface area contributed by atoms with E-state index in [4.69, 9.17) is 9.47 Å². The summed E-state index contributed by atoms with van der Waals surface area (Å²) < 4.78 is 10.5. The Hall–Kier alpha value is -3.82. The van der Waals surface area contributed by atoms with Crippen LogP contribution >= 0.6 is 0 Å². The summed E-state index contributed by atoms with van der Waals surface area (Å²) in [6, 6.07) is 11.1. The van der Waals surface area contributed by atoms with Crippen molar-refractivity contribution in [3.05, 3.63) is 79.9 Å². The molecule has 0 unspecified atom stereocenters. The molecule has 0 aromatic heterocycles. The average molecular weight is 388 g/mol. The molecule has 0 radical (unpaired) electrons. The van der Waals surface area contributed by atoms with Crippen LogP contribution in [0.5, 0.6) is 0 Å². The number of non-ortho nitro benzene ring substituents is 1. The van der Waals surface area contributed by atoms with Crippen LogP contribution in [0, 0.1) is 20.2 Å². The molecular weight excluding hydrogens is 372 g/mol. The molecule has 0 amide bonds. The first kappa shape index (κ1) is 20.5. The fraction of sp³-hybridized carbons (Fsp3) is 0.222. The molecule has 0 aliphatic carbocycles. The minimum absolute atomic E-state index is 0.138. The Bertz CT molecular complexity index is 913. The van der Waals surface area contributed by atoms with E-state index in [1.165, 1.54) is 0 Å². The monoisotopic (exact) mass is 388 g/mol. The first-order chi connectivity index (χ1) is 13.2. The number of rotatable bonds is 7. The van der Waals surface area contributed by atoms with E-state index in [9.17, 15) is 29.8 Å². The van der Waals surface area contributed by atoms with Crippen LogP contribution in [0.4, 0.5) is 11.4 Å². The Morgan fingerprint density at radius 1 is 0.857 bits per heavy atom. The Morgan fingerprint density at radius 2 is 1.43 bits per heavy atom. The SMILES string of the molecule is CC(=O)O[C@@H](c1ccccc1)[C@@H](OC(C)=O)c1ccc([N+](=O)[O-])cc1[N+](=O)[O-]. The van der Waals surface area contributed by atoms with E-state index in [-0.39, 0.29) is 5.56 Å². The number of benzene rings is 2. The highest BCUT2D eigenvalue weighted by Crippen LogP contribution is 2.40. The van der Waals surface area contributed by atoms with Gasteiger partial charge in [0.1, 0.15) is 0 Å². The molecule has 28 heavy (non-hydrogen) atoms. The Balaban J connectivity index is 2.67. The number of hydrogen-bond donors (Lipinski definition) is 0. The normalized spacial score (nSPS) is 12.5. The van der Waals surface area contributed by atoms with Crippen LogP contribution in [0.3, 0.4) is 0 Å². The van der Waals surface area contributed by atoms with Crippen LogP contribution in [0.25, 0.3) is 0 Å². The van der Waals surface area contributed by atoms with Gasteiger partial charge in [-0.3, -0.25) is 29.8 Å². The third kappa shape index (κ3) is 4.87. The third-order valence-corrected chi connectivity index (χ3v) is 3.72. The van der Waals surface area contributed by atoms with Gasteiger partial charge in [-0.1, -0.05) is 30.3 Å². The molecule has 0 N–H and O–H groups in total. The number of nitro benzene ring substituents is 2. The van der Waals surface area contributed by atoms with E-state index in [2.05, 4.69) is 0 Å². The molecule has 2 aromatic carbocycles. The second-order valence-electron chi connectivity index (χ2n) is 5.73. The van der Waals surface area contributed by atoms with Gasteiger partial charge < -0.3 is 9.47 Å². The van der Waals surface area contributed by atoms with Crippen molar-refractivity contribution in [2.75, 3.05) is 0 Å². The highest BCUT2D eigenvalue weighted by molar-refractivity contribution is 5.68. The summed E-state index contributed by atoms with van der Waals surface area (Å²) in [4.78, 5) is 44.2. The summed E-state index contributed by atoms with van der Waals surface area (Å²) in [6.45, 7) is 2.24. The molecule has 10 nitrogen and oxygen atoms in total. The molecule has 2 rings (SSSR count). The van der Waals surface area contributed by atoms with E-state index in [0.29, 0.717) is 5.56 Å². The number of hydrogen-bond acceptors (Lipinski definition) is 8. The lowest BCUT2D eigenvalue weighted by Gasteiger charge is -2.26. The topological polar surface area (TPSA) is 139 Å². The van der Waals surface area contributed by atoms with Gasteiger partial charge in [-0.05, 0) is 11.6 Å². The molecule has 146 valence electrons. The van der Waals surface area contributed by atoms with Gasteiger partial charge in [-0.2, -0.15) is 0 Å². The van der Waals surface area contributed by atoms with Crippen LogP contribution in [-0.4, -0.2) is 21.8 Å². The van der Waals surface area contributed by atoms with Crippen molar-refractivity contribution in [1.29, 1.82) is 0 Å². The quantitative estimate of drug-likeness (QED) is 0.399. The molecule has 2 aromatic rings. The first-order valence-electron chi connectivity index (χ1n) is 8.02. The maximum atomic E-state index is 11.7. The van der Waals surface area contributed by atoms with Crippen LogP contribution in [0.15, 0.2) is 48.5 Å². The fourth-order valence-electron chi connectivity index (χ4n) is 2.64. The highest BCUT2D eigenvalue weighted by Gasteiger charge is 2.36. The van der Waals surface area contributed by atoms with Crippen LogP contribution in [0.2, 0.25) is 0 Å². The average Bonchev–Trinajstić information content (AvgIpc) is 2.64. The summed E-state index contributed by atoms with van der Waals surface area (Å²) in [5.74, 6) is -1.47. The smallest absolute Gasteiger partial charge is 0.303 e. The molecule has 0 saturated carbocycles. The van der Waals surface area contributed by atoms with Crippen molar-refractivity contribution in [1.82, 2.24) is 0 Å². The van der Waals surface area contributed by atoms with E-state index in [1.54, 1.807) is 30.3 Å². The maximum Gasteiger partial charge on any atom is 0.303 e. The molecule has 10 heteroatoms. The van der Waals surface area contributed by atoms with Gasteiger partial charge >= 0.3 is 11.9 Å². The molecule has 0 fully saturated rings. The van der Waals surface area contributed by atoms with Gasteiger partial charge in [0.2, 0.25) is 0 Å². The van der Waals surface area contributed by atoms with Gasteiger partial charge in [-0.15, -0.1) is 0 Å². The van der Waals surface area contributed by atoms with Crippen molar-refractivity contribution >= 4 is 23.3 Å². The van der Waals surface area contributed by atoms with Gasteiger partial charge in [0.05, 0.1) is 21.5 Å². The van der Waals surface area contributed by atoms with Gasteiger partial charge in [0.25, 0.3) is 11.4 Å². The molecule has 0 spiro atoms. The van der Waals surface area contributed by atoms with E-state index >= 15 is 0 Å². The van der Waals surface area contributed by atoms with Gasteiger partial charge in [0.15, 0.2) is 12.2 Å². The molecule has 0 aliphatic heterocycles. The third-order valence-electron chi connectivity index (χ3n) is 3.72. The largest absolute Gasteiger partial charge is 0.453 e. The minimum Gasteiger partial charge on any atom is -0.453 e. The summed E-state index contributed by atoms with van der Waals surface area (Å²) in [6.07, 6.45) is -2.58. The minimum atomic E-state index is -1.38. The lowest BCUT2D eigenvalue weighted by atomic mass is 9.96. The zero-order valence-electron chi connectivity index (χ0n) is 14.9. The maximum absolute atomic E-state index is 11.7. The highest BCUT2D eigenvalue weighted by atomic mass is 16.6. The van der Waals surface area contributed by atoms with Crippen molar-refractivity contribution in [3.8, 4) is 0 Å². The Labute approximate surface area is 159 Å². The van der Waals surface area contributed by atoms with Crippen molar-refractivity contribution < 1.29 is 28.9 Å². The van der Waals surface area contributed by atoms with Gasteiger partial charge in [-0.25, -0.2) is 0 Å². The zero-order chi connectivity index (χ0) is 20.8. The van der Waals surface area contributed by atoms with Crippen LogP contribution in [0.1, 0.15) is 37.2 Å². The molecule has 0 aliphatic rings. The number of ether oxygens (including phenoxy) is 2. The van der Waals surface area contributed by atoms with E-state index < -0.39 is 45.4 Å². The number of carbonyl (C=O) groups excluding carboxylic acids is 2. The van der Waals surface area contributed by atoms with Crippen LogP contribution in [-0.2, 0) is 19.1 Å². The van der Waals surface area contributed by atoms with Crippen molar-refractivity contribution in [3.63, 3.8) is 0 Å². The second-order valence-corrected chi connectivity index (χ2v) is 5.73. The number of nitrogens with zero attached hydrogens (tertiary/aromatic N) is 2. The Morgan fingerprint density at radius 3 is 1.93 bits per heavy atom. The predicted octanol–water partition coefficient (Wildman–Crippen LogP) is 3.41. The summed E-state index contributed by atoms with van der Waals surface area (Å²) in [7, 11) is 0. The van der Waals surface area contributed by atoms with Crippen molar-refractivity contribution in [2.45, 2.75) is 26.1 Å². The summed E-state index contributed by atoms with van der Waals surface area (Å²) in [5, 5.41) is 22.5. The Kier molecular flexibility index (Phi) is 6.38. The molecule has 2 atom stereocenters.